The third-order valence-corrected chi connectivity index (χ3v) is 3.60. The van der Waals surface area contributed by atoms with Crippen molar-refractivity contribution < 1.29 is 21.9 Å². The van der Waals surface area contributed by atoms with Crippen LogP contribution < -0.4 is 4.74 Å². The van der Waals surface area contributed by atoms with Crippen LogP contribution in [0.15, 0.2) is 17.0 Å². The number of hydrogen-bond acceptors (Lipinski definition) is 4. The number of halogens is 4. The predicted octanol–water partition coefficient (Wildman–Crippen LogP) is 2.83. The first-order valence-corrected chi connectivity index (χ1v) is 7.16. The third kappa shape index (κ3) is 3.45. The second-order valence-electron chi connectivity index (χ2n) is 3.02. The fraction of sp³-hybridized carbons (Fsp3) is 0.222. The van der Waals surface area contributed by atoms with Crippen LogP contribution in [0.2, 0.25) is 0 Å². The van der Waals surface area contributed by atoms with Crippen LogP contribution >= 0.6 is 22.3 Å². The van der Waals surface area contributed by atoms with Gasteiger partial charge in [-0.15, -0.1) is 11.6 Å². The maximum Gasteiger partial charge on any atom is 0.387 e. The van der Waals surface area contributed by atoms with Crippen molar-refractivity contribution in [1.29, 1.82) is 5.26 Å². The van der Waals surface area contributed by atoms with Crippen LogP contribution in [0.5, 0.6) is 5.75 Å². The van der Waals surface area contributed by atoms with E-state index < -0.39 is 26.3 Å². The van der Waals surface area contributed by atoms with Crippen molar-refractivity contribution in [2.45, 2.75) is 17.4 Å². The average Bonchev–Trinajstić information content (AvgIpc) is 2.26. The summed E-state index contributed by atoms with van der Waals surface area (Å²) >= 11 is 5.50. The van der Waals surface area contributed by atoms with E-state index in [9.17, 15) is 17.2 Å². The van der Waals surface area contributed by atoms with Crippen molar-refractivity contribution in [3.05, 3.63) is 23.3 Å². The van der Waals surface area contributed by atoms with Gasteiger partial charge >= 0.3 is 6.61 Å². The number of benzene rings is 1. The van der Waals surface area contributed by atoms with E-state index in [1.807, 2.05) is 0 Å². The van der Waals surface area contributed by atoms with Gasteiger partial charge in [0.15, 0.2) is 0 Å². The van der Waals surface area contributed by atoms with E-state index in [1.54, 1.807) is 6.07 Å². The van der Waals surface area contributed by atoms with Gasteiger partial charge in [-0.2, -0.15) is 14.0 Å². The topological polar surface area (TPSA) is 67.2 Å². The second kappa shape index (κ2) is 5.69. The molecule has 1 aromatic carbocycles. The van der Waals surface area contributed by atoms with Crippen LogP contribution in [-0.2, 0) is 14.9 Å². The van der Waals surface area contributed by atoms with Gasteiger partial charge in [0.05, 0.1) is 10.5 Å². The Kier molecular flexibility index (Phi) is 4.73. The Hall–Kier alpha value is -1.10. The van der Waals surface area contributed by atoms with Crippen LogP contribution in [0.4, 0.5) is 8.78 Å². The Morgan fingerprint density at radius 2 is 2.06 bits per heavy atom. The first-order chi connectivity index (χ1) is 8.29. The summed E-state index contributed by atoms with van der Waals surface area (Å²) in [5.74, 6) is -0.814. The predicted molar refractivity (Wildman–Crippen MR) is 60.4 cm³/mol. The molecule has 0 heterocycles. The number of ether oxygens (including phenoxy) is 1. The molecule has 0 radical (unpaired) electrons. The lowest BCUT2D eigenvalue weighted by Gasteiger charge is -2.10. The van der Waals surface area contributed by atoms with Crippen molar-refractivity contribution in [3.8, 4) is 11.8 Å². The molecule has 98 valence electrons. The van der Waals surface area contributed by atoms with Gasteiger partial charge in [-0.3, -0.25) is 0 Å². The summed E-state index contributed by atoms with van der Waals surface area (Å²) in [6, 6.07) is 3.40. The van der Waals surface area contributed by atoms with Gasteiger partial charge in [-0.25, -0.2) is 8.42 Å². The lowest BCUT2D eigenvalue weighted by atomic mass is 10.1. The SMILES string of the molecule is N#Cc1cc(CCl)c(S(=O)(=O)Cl)cc1OC(F)F. The smallest absolute Gasteiger partial charge is 0.387 e. The zero-order chi connectivity index (χ0) is 13.9. The molecular weight excluding hydrogens is 311 g/mol. The van der Waals surface area contributed by atoms with Gasteiger partial charge in [0.25, 0.3) is 9.05 Å². The Morgan fingerprint density at radius 1 is 1.44 bits per heavy atom. The molecule has 0 fully saturated rings. The minimum Gasteiger partial charge on any atom is -0.433 e. The minimum absolute atomic E-state index is 0.0323. The Labute approximate surface area is 111 Å². The molecule has 0 N–H and O–H groups in total. The van der Waals surface area contributed by atoms with Gasteiger partial charge in [0, 0.05) is 22.6 Å². The molecule has 0 atom stereocenters. The van der Waals surface area contributed by atoms with Crippen molar-refractivity contribution in [2.75, 3.05) is 0 Å². The lowest BCUT2D eigenvalue weighted by Crippen LogP contribution is -2.06. The number of rotatable bonds is 4. The van der Waals surface area contributed by atoms with Crippen LogP contribution in [0, 0.1) is 11.3 Å². The maximum absolute atomic E-state index is 12.1. The number of nitriles is 1. The Morgan fingerprint density at radius 3 is 2.44 bits per heavy atom. The zero-order valence-corrected chi connectivity index (χ0v) is 10.9. The van der Waals surface area contributed by atoms with E-state index in [-0.39, 0.29) is 17.0 Å². The molecular formula is C9H5Cl2F2NO3S. The van der Waals surface area contributed by atoms with Gasteiger partial charge in [0.1, 0.15) is 11.8 Å². The highest BCUT2D eigenvalue weighted by Crippen LogP contribution is 2.30. The molecule has 1 rings (SSSR count). The maximum atomic E-state index is 12.1. The fourth-order valence-corrected chi connectivity index (χ4v) is 2.64. The molecule has 0 unspecified atom stereocenters. The summed E-state index contributed by atoms with van der Waals surface area (Å²) in [5.41, 5.74) is -0.222. The molecule has 0 aliphatic heterocycles. The summed E-state index contributed by atoms with van der Waals surface area (Å²) < 4.78 is 50.7. The molecule has 0 amide bonds. The van der Waals surface area contributed by atoms with E-state index in [1.165, 1.54) is 0 Å². The molecule has 0 bridgehead atoms. The molecule has 0 aromatic heterocycles. The quantitative estimate of drug-likeness (QED) is 0.633. The molecule has 0 saturated heterocycles. The van der Waals surface area contributed by atoms with Crippen LogP contribution in [0.1, 0.15) is 11.1 Å². The monoisotopic (exact) mass is 315 g/mol. The van der Waals surface area contributed by atoms with Crippen molar-refractivity contribution >= 4 is 31.3 Å². The van der Waals surface area contributed by atoms with Crippen molar-refractivity contribution in [1.82, 2.24) is 0 Å². The van der Waals surface area contributed by atoms with Crippen LogP contribution in [-0.4, -0.2) is 15.0 Å². The molecule has 1 aromatic rings. The molecule has 0 saturated carbocycles. The number of hydrogen-bond donors (Lipinski definition) is 0. The van der Waals surface area contributed by atoms with Gasteiger partial charge in [0.2, 0.25) is 0 Å². The summed E-state index contributed by atoms with van der Waals surface area (Å²) in [7, 11) is 0.959. The normalized spacial score (nSPS) is 11.3. The minimum atomic E-state index is -4.18. The van der Waals surface area contributed by atoms with Gasteiger partial charge in [-0.1, -0.05) is 0 Å². The van der Waals surface area contributed by atoms with E-state index in [0.717, 1.165) is 12.1 Å². The first kappa shape index (κ1) is 15.0. The van der Waals surface area contributed by atoms with E-state index >= 15 is 0 Å². The van der Waals surface area contributed by atoms with E-state index in [2.05, 4.69) is 4.74 Å². The lowest BCUT2D eigenvalue weighted by molar-refractivity contribution is -0.0502. The summed E-state index contributed by atoms with van der Waals surface area (Å²) in [6.45, 7) is -3.19. The summed E-state index contributed by atoms with van der Waals surface area (Å²) in [5, 5.41) is 8.74. The second-order valence-corrected chi connectivity index (χ2v) is 5.82. The van der Waals surface area contributed by atoms with E-state index in [4.69, 9.17) is 27.5 Å². The first-order valence-electron chi connectivity index (χ1n) is 4.32. The summed E-state index contributed by atoms with van der Waals surface area (Å²) in [6.07, 6.45) is 0. The molecule has 4 nitrogen and oxygen atoms in total. The highest BCUT2D eigenvalue weighted by Gasteiger charge is 2.21. The van der Waals surface area contributed by atoms with Gasteiger partial charge < -0.3 is 4.74 Å². The molecule has 0 spiro atoms. The number of nitrogens with zero attached hydrogens (tertiary/aromatic N) is 1. The largest absolute Gasteiger partial charge is 0.433 e. The Balaban J connectivity index is 3.50. The van der Waals surface area contributed by atoms with Crippen molar-refractivity contribution in [2.24, 2.45) is 0 Å². The fourth-order valence-electron chi connectivity index (χ4n) is 1.22. The molecule has 9 heteroatoms. The highest BCUT2D eigenvalue weighted by atomic mass is 35.7. The van der Waals surface area contributed by atoms with Crippen LogP contribution in [0.25, 0.3) is 0 Å². The standard InChI is InChI=1S/C9H5Cl2F2NO3S/c10-3-5-1-6(4-14)7(17-9(12)13)2-8(5)18(11,15)16/h1-2,9H,3H2. The van der Waals surface area contributed by atoms with Crippen LogP contribution in [0.3, 0.4) is 0 Å². The summed E-state index contributed by atoms with van der Waals surface area (Å²) in [4.78, 5) is -0.464. The molecule has 0 aliphatic carbocycles. The highest BCUT2D eigenvalue weighted by molar-refractivity contribution is 8.13. The average molecular weight is 316 g/mol. The number of alkyl halides is 3. The molecule has 0 aliphatic rings. The van der Waals surface area contributed by atoms with Crippen molar-refractivity contribution in [3.63, 3.8) is 0 Å². The van der Waals surface area contributed by atoms with E-state index in [0.29, 0.717) is 0 Å². The molecule has 18 heavy (non-hydrogen) atoms. The van der Waals surface area contributed by atoms with Gasteiger partial charge in [-0.05, 0) is 11.6 Å². The Bertz CT molecular complexity index is 599. The zero-order valence-electron chi connectivity index (χ0n) is 8.53. The third-order valence-electron chi connectivity index (χ3n) is 1.91.